The van der Waals surface area contributed by atoms with E-state index >= 15 is 0 Å². The van der Waals surface area contributed by atoms with Gasteiger partial charge in [0.2, 0.25) is 5.91 Å². The number of alkyl halides is 3. The van der Waals surface area contributed by atoms with Crippen molar-refractivity contribution in [3.8, 4) is 17.1 Å². The number of halogens is 5. The molecule has 0 aliphatic rings. The Morgan fingerprint density at radius 3 is 2.53 bits per heavy atom. The number of anilines is 1. The number of nitrogens with one attached hydrogen (secondary N) is 1. The minimum absolute atomic E-state index is 0.0131. The Morgan fingerprint density at radius 1 is 1.06 bits per heavy atom. The van der Waals surface area contributed by atoms with Gasteiger partial charge in [-0.05, 0) is 48.5 Å². The van der Waals surface area contributed by atoms with Crippen molar-refractivity contribution in [2.24, 2.45) is 0 Å². The number of hydrogen-bond acceptors (Lipinski definition) is 5. The molecule has 0 radical (unpaired) electrons. The van der Waals surface area contributed by atoms with E-state index in [0.717, 1.165) is 23.9 Å². The number of thioether (sulfide) groups is 1. The van der Waals surface area contributed by atoms with Crippen LogP contribution in [0.3, 0.4) is 0 Å². The molecule has 34 heavy (non-hydrogen) atoms. The highest BCUT2D eigenvalue weighted by atomic mass is 35.5. The fourth-order valence-corrected chi connectivity index (χ4v) is 3.88. The summed E-state index contributed by atoms with van der Waals surface area (Å²) in [5, 5.41) is 10.9. The van der Waals surface area contributed by atoms with Crippen LogP contribution in [0.5, 0.6) is 0 Å². The van der Waals surface area contributed by atoms with Gasteiger partial charge in [-0.3, -0.25) is 14.3 Å². The monoisotopic (exact) mass is 507 g/mol. The lowest BCUT2D eigenvalue weighted by atomic mass is 10.2. The summed E-state index contributed by atoms with van der Waals surface area (Å²) in [6, 6.07) is 11.9. The summed E-state index contributed by atoms with van der Waals surface area (Å²) >= 11 is 6.79. The van der Waals surface area contributed by atoms with Crippen LogP contribution in [0.1, 0.15) is 5.56 Å². The standard InChI is InChI=1S/C22H14ClF4N5OS/c23-17-5-4-16(11-18(17)24)32-20(13-6-8-28-9-7-13)30-31-21(32)34-12-19(33)29-15-3-1-2-14(10-15)22(25,26)27/h1-11H,12H2,(H,29,33). The molecule has 0 spiro atoms. The summed E-state index contributed by atoms with van der Waals surface area (Å²) in [6.07, 6.45) is -1.40. The number of aromatic nitrogens is 4. The van der Waals surface area contributed by atoms with Crippen molar-refractivity contribution >= 4 is 35.0 Å². The first kappa shape index (κ1) is 23.7. The Kier molecular flexibility index (Phi) is 6.85. The largest absolute Gasteiger partial charge is 0.416 e. The molecule has 1 amide bonds. The Labute approximate surface area is 200 Å². The van der Waals surface area contributed by atoms with Crippen molar-refractivity contribution in [1.29, 1.82) is 0 Å². The maximum atomic E-state index is 14.2. The molecule has 0 fully saturated rings. The second kappa shape index (κ2) is 9.82. The fourth-order valence-electron chi connectivity index (χ4n) is 3.01. The van der Waals surface area contributed by atoms with Gasteiger partial charge >= 0.3 is 6.18 Å². The SMILES string of the molecule is O=C(CSc1nnc(-c2ccncc2)n1-c1ccc(Cl)c(F)c1)Nc1cccc(C(F)(F)F)c1. The zero-order valence-corrected chi connectivity index (χ0v) is 18.6. The number of carbonyl (C=O) groups excluding carboxylic acids is 1. The lowest BCUT2D eigenvalue weighted by Crippen LogP contribution is -2.15. The maximum absolute atomic E-state index is 14.2. The first-order valence-corrected chi connectivity index (χ1v) is 11.0. The summed E-state index contributed by atoms with van der Waals surface area (Å²) in [5.41, 5.74) is 0.168. The molecule has 12 heteroatoms. The Hall–Kier alpha value is -3.44. The van der Waals surface area contributed by atoms with Crippen molar-refractivity contribution in [2.45, 2.75) is 11.3 Å². The third-order valence-corrected chi connectivity index (χ3v) is 5.77. The normalized spacial score (nSPS) is 11.4. The molecule has 174 valence electrons. The van der Waals surface area contributed by atoms with Gasteiger partial charge in [0.1, 0.15) is 5.82 Å². The number of carbonyl (C=O) groups is 1. The lowest BCUT2D eigenvalue weighted by Gasteiger charge is -2.12. The summed E-state index contributed by atoms with van der Waals surface area (Å²) in [4.78, 5) is 16.4. The second-order valence-corrected chi connectivity index (χ2v) is 8.24. The lowest BCUT2D eigenvalue weighted by molar-refractivity contribution is -0.137. The number of hydrogen-bond donors (Lipinski definition) is 1. The van der Waals surface area contributed by atoms with Crippen LogP contribution >= 0.6 is 23.4 Å². The predicted molar refractivity (Wildman–Crippen MR) is 120 cm³/mol. The van der Waals surface area contributed by atoms with E-state index in [1.165, 1.54) is 24.3 Å². The number of nitrogens with zero attached hydrogens (tertiary/aromatic N) is 4. The highest BCUT2D eigenvalue weighted by molar-refractivity contribution is 7.99. The van der Waals surface area contributed by atoms with Crippen molar-refractivity contribution in [3.63, 3.8) is 0 Å². The minimum atomic E-state index is -4.52. The molecule has 2 aromatic carbocycles. The number of amides is 1. The van der Waals surface area contributed by atoms with Crippen LogP contribution in [0.25, 0.3) is 17.1 Å². The summed E-state index contributed by atoms with van der Waals surface area (Å²) in [6.45, 7) is 0. The Morgan fingerprint density at radius 2 is 1.82 bits per heavy atom. The number of benzene rings is 2. The van der Waals surface area contributed by atoms with Gasteiger partial charge < -0.3 is 5.32 Å². The minimum Gasteiger partial charge on any atom is -0.325 e. The zero-order chi connectivity index (χ0) is 24.3. The molecule has 2 heterocycles. The van der Waals surface area contributed by atoms with E-state index in [1.54, 1.807) is 35.2 Å². The van der Waals surface area contributed by atoms with E-state index in [0.29, 0.717) is 17.1 Å². The Bertz CT molecular complexity index is 1330. The second-order valence-electron chi connectivity index (χ2n) is 6.89. The predicted octanol–water partition coefficient (Wildman–Crippen LogP) is 5.87. The van der Waals surface area contributed by atoms with E-state index in [2.05, 4.69) is 20.5 Å². The molecule has 0 atom stereocenters. The van der Waals surface area contributed by atoms with Crippen LogP contribution in [0.2, 0.25) is 5.02 Å². The van der Waals surface area contributed by atoms with Crippen LogP contribution in [0.15, 0.2) is 72.1 Å². The van der Waals surface area contributed by atoms with Gasteiger partial charge in [0.25, 0.3) is 0 Å². The molecule has 0 aliphatic heterocycles. The van der Waals surface area contributed by atoms with E-state index in [9.17, 15) is 22.4 Å². The van der Waals surface area contributed by atoms with Gasteiger partial charge in [-0.25, -0.2) is 4.39 Å². The van der Waals surface area contributed by atoms with Crippen LogP contribution in [0, 0.1) is 5.82 Å². The van der Waals surface area contributed by atoms with E-state index in [4.69, 9.17) is 11.6 Å². The molecular weight excluding hydrogens is 494 g/mol. The zero-order valence-electron chi connectivity index (χ0n) is 17.1. The molecule has 0 saturated carbocycles. The Balaban J connectivity index is 1.58. The van der Waals surface area contributed by atoms with Crippen molar-refractivity contribution in [2.75, 3.05) is 11.1 Å². The molecule has 4 aromatic rings. The van der Waals surface area contributed by atoms with E-state index in [-0.39, 0.29) is 21.6 Å². The number of rotatable bonds is 6. The van der Waals surface area contributed by atoms with Crippen LogP contribution in [-0.2, 0) is 11.0 Å². The summed E-state index contributed by atoms with van der Waals surface area (Å²) in [7, 11) is 0. The van der Waals surface area contributed by atoms with Crippen LogP contribution < -0.4 is 5.32 Å². The van der Waals surface area contributed by atoms with Gasteiger partial charge in [0.05, 0.1) is 22.0 Å². The van der Waals surface area contributed by atoms with Crippen molar-refractivity contribution in [1.82, 2.24) is 19.7 Å². The van der Waals surface area contributed by atoms with E-state index in [1.807, 2.05) is 0 Å². The summed E-state index contributed by atoms with van der Waals surface area (Å²) < 4.78 is 54.4. The third-order valence-electron chi connectivity index (χ3n) is 4.54. The molecule has 0 unspecified atom stereocenters. The van der Waals surface area contributed by atoms with Crippen LogP contribution in [-0.4, -0.2) is 31.4 Å². The smallest absolute Gasteiger partial charge is 0.325 e. The fraction of sp³-hybridized carbons (Fsp3) is 0.0909. The maximum Gasteiger partial charge on any atom is 0.416 e. The number of pyridine rings is 1. The summed E-state index contributed by atoms with van der Waals surface area (Å²) in [5.74, 6) is -0.996. The average molecular weight is 508 g/mol. The molecule has 1 N–H and O–H groups in total. The first-order valence-electron chi connectivity index (χ1n) is 9.63. The molecule has 0 aliphatic carbocycles. The van der Waals surface area contributed by atoms with Gasteiger partial charge in [0.15, 0.2) is 11.0 Å². The molecule has 0 bridgehead atoms. The van der Waals surface area contributed by atoms with Gasteiger partial charge in [-0.15, -0.1) is 10.2 Å². The van der Waals surface area contributed by atoms with Crippen molar-refractivity contribution < 1.29 is 22.4 Å². The molecule has 6 nitrogen and oxygen atoms in total. The third kappa shape index (κ3) is 5.37. The topological polar surface area (TPSA) is 72.7 Å². The van der Waals surface area contributed by atoms with E-state index < -0.39 is 23.5 Å². The van der Waals surface area contributed by atoms with Gasteiger partial charge in [0, 0.05) is 23.6 Å². The first-order chi connectivity index (χ1) is 16.2. The van der Waals surface area contributed by atoms with Crippen LogP contribution in [0.4, 0.5) is 23.2 Å². The van der Waals surface area contributed by atoms with Crippen molar-refractivity contribution in [3.05, 3.63) is 83.4 Å². The highest BCUT2D eigenvalue weighted by Crippen LogP contribution is 2.31. The molecule has 0 saturated heterocycles. The average Bonchev–Trinajstić information content (AvgIpc) is 3.24. The quantitative estimate of drug-likeness (QED) is 0.261. The highest BCUT2D eigenvalue weighted by Gasteiger charge is 2.30. The van der Waals surface area contributed by atoms with Gasteiger partial charge in [-0.1, -0.05) is 29.4 Å². The van der Waals surface area contributed by atoms with Gasteiger partial charge in [-0.2, -0.15) is 13.2 Å². The molecule has 2 aromatic heterocycles. The molecular formula is C22H14ClF4N5OS. The molecule has 4 rings (SSSR count).